The Kier molecular flexibility index (Phi) is 4.91. The van der Waals surface area contributed by atoms with Crippen LogP contribution in [0.1, 0.15) is 25.0 Å². The average Bonchev–Trinajstić information content (AvgIpc) is 2.60. The molecule has 3 heterocycles. The molecule has 124 valence electrons. The maximum Gasteiger partial charge on any atom is 0.236 e. The third-order valence-electron chi connectivity index (χ3n) is 5.01. The van der Waals surface area contributed by atoms with Crippen LogP contribution in [0.5, 0.6) is 0 Å². The van der Waals surface area contributed by atoms with E-state index in [1.165, 1.54) is 0 Å². The van der Waals surface area contributed by atoms with E-state index in [-0.39, 0.29) is 24.4 Å². The molecule has 2 N–H and O–H groups in total. The van der Waals surface area contributed by atoms with E-state index in [9.17, 15) is 9.59 Å². The molecule has 2 atom stereocenters. The lowest BCUT2D eigenvalue weighted by Crippen LogP contribution is -2.57. The van der Waals surface area contributed by atoms with Gasteiger partial charge in [0.15, 0.2) is 0 Å². The van der Waals surface area contributed by atoms with Gasteiger partial charge in [-0.15, -0.1) is 0 Å². The van der Waals surface area contributed by atoms with Crippen molar-refractivity contribution in [2.45, 2.75) is 31.7 Å². The number of amides is 2. The van der Waals surface area contributed by atoms with Gasteiger partial charge in [0, 0.05) is 50.4 Å². The largest absolute Gasteiger partial charge is 0.341 e. The van der Waals surface area contributed by atoms with E-state index >= 15 is 0 Å². The zero-order chi connectivity index (χ0) is 16.2. The number of likely N-dealkylation sites (tertiary alicyclic amines) is 2. The van der Waals surface area contributed by atoms with Crippen molar-refractivity contribution in [3.05, 3.63) is 30.1 Å². The lowest BCUT2D eigenvalue weighted by Gasteiger charge is -2.47. The van der Waals surface area contributed by atoms with Gasteiger partial charge in [-0.1, -0.05) is 6.07 Å². The van der Waals surface area contributed by atoms with E-state index in [2.05, 4.69) is 4.98 Å². The van der Waals surface area contributed by atoms with Gasteiger partial charge < -0.3 is 15.5 Å². The highest BCUT2D eigenvalue weighted by molar-refractivity contribution is 5.79. The number of nitrogens with zero attached hydrogens (tertiary/aromatic N) is 3. The Morgan fingerprint density at radius 1 is 1.35 bits per heavy atom. The van der Waals surface area contributed by atoms with Crippen molar-refractivity contribution in [1.29, 1.82) is 0 Å². The molecule has 2 aliphatic rings. The molecule has 3 rings (SSSR count). The van der Waals surface area contributed by atoms with Crippen LogP contribution in [0.25, 0.3) is 0 Å². The van der Waals surface area contributed by atoms with Gasteiger partial charge in [-0.2, -0.15) is 0 Å². The Morgan fingerprint density at radius 2 is 2.22 bits per heavy atom. The van der Waals surface area contributed by atoms with Crippen LogP contribution in [-0.4, -0.2) is 58.8 Å². The molecule has 1 aromatic rings. The van der Waals surface area contributed by atoms with Crippen molar-refractivity contribution in [3.63, 3.8) is 0 Å². The van der Waals surface area contributed by atoms with Crippen LogP contribution in [0.4, 0.5) is 0 Å². The van der Waals surface area contributed by atoms with E-state index in [4.69, 9.17) is 5.73 Å². The quantitative estimate of drug-likeness (QED) is 0.873. The van der Waals surface area contributed by atoms with Crippen LogP contribution in [0, 0.1) is 5.92 Å². The summed E-state index contributed by atoms with van der Waals surface area (Å²) in [4.78, 5) is 32.4. The standard InChI is InChI=1S/C17H24N4O2/c18-11-17(23)20-9-7-15-13(12-20)4-5-16(22)21(15)10-6-14-3-1-2-8-19-14/h1-3,8,13,15H,4-7,9-12,18H2/t13-,15+/m0/s1. The number of hydrogen-bond acceptors (Lipinski definition) is 4. The molecule has 2 fully saturated rings. The molecule has 1 aromatic heterocycles. The highest BCUT2D eigenvalue weighted by atomic mass is 16.2. The molecule has 2 aliphatic heterocycles. The molecule has 2 saturated heterocycles. The Labute approximate surface area is 136 Å². The molecule has 0 aliphatic carbocycles. The van der Waals surface area contributed by atoms with Crippen LogP contribution >= 0.6 is 0 Å². The summed E-state index contributed by atoms with van der Waals surface area (Å²) in [5.41, 5.74) is 6.48. The number of rotatable bonds is 4. The van der Waals surface area contributed by atoms with E-state index < -0.39 is 0 Å². The second-order valence-corrected chi connectivity index (χ2v) is 6.36. The smallest absolute Gasteiger partial charge is 0.236 e. The highest BCUT2D eigenvalue weighted by Crippen LogP contribution is 2.31. The van der Waals surface area contributed by atoms with Gasteiger partial charge >= 0.3 is 0 Å². The SMILES string of the molecule is NCC(=O)N1CC[C@@H]2[C@@H](CCC(=O)N2CCc2ccccn2)C1. The van der Waals surface area contributed by atoms with E-state index in [0.29, 0.717) is 25.4 Å². The Balaban J connectivity index is 1.63. The maximum absolute atomic E-state index is 12.3. The maximum atomic E-state index is 12.3. The Hall–Kier alpha value is -1.95. The highest BCUT2D eigenvalue weighted by Gasteiger charge is 2.39. The monoisotopic (exact) mass is 316 g/mol. The van der Waals surface area contributed by atoms with Crippen LogP contribution in [0.2, 0.25) is 0 Å². The second kappa shape index (κ2) is 7.08. The van der Waals surface area contributed by atoms with Gasteiger partial charge in [-0.25, -0.2) is 0 Å². The van der Waals surface area contributed by atoms with Crippen molar-refractivity contribution in [2.24, 2.45) is 11.7 Å². The zero-order valence-corrected chi connectivity index (χ0v) is 13.4. The first-order valence-corrected chi connectivity index (χ1v) is 8.36. The Morgan fingerprint density at radius 3 is 2.96 bits per heavy atom. The minimum Gasteiger partial charge on any atom is -0.341 e. The Bertz CT molecular complexity index is 563. The van der Waals surface area contributed by atoms with Crippen LogP contribution in [0.15, 0.2) is 24.4 Å². The fourth-order valence-corrected chi connectivity index (χ4v) is 3.78. The number of aromatic nitrogens is 1. The fourth-order valence-electron chi connectivity index (χ4n) is 3.78. The number of piperidine rings is 2. The number of pyridine rings is 1. The minimum absolute atomic E-state index is 0.0142. The van der Waals surface area contributed by atoms with Crippen molar-refractivity contribution in [3.8, 4) is 0 Å². The van der Waals surface area contributed by atoms with Gasteiger partial charge in [0.05, 0.1) is 6.54 Å². The second-order valence-electron chi connectivity index (χ2n) is 6.36. The normalized spacial score (nSPS) is 24.5. The van der Waals surface area contributed by atoms with Gasteiger partial charge in [-0.05, 0) is 30.9 Å². The first-order valence-electron chi connectivity index (χ1n) is 8.36. The van der Waals surface area contributed by atoms with E-state index in [0.717, 1.165) is 31.5 Å². The number of carbonyl (C=O) groups is 2. The average molecular weight is 316 g/mol. The first kappa shape index (κ1) is 15.9. The van der Waals surface area contributed by atoms with Crippen molar-refractivity contribution in [2.75, 3.05) is 26.2 Å². The number of carbonyl (C=O) groups excluding carboxylic acids is 2. The summed E-state index contributed by atoms with van der Waals surface area (Å²) in [5, 5.41) is 0. The molecule has 0 radical (unpaired) electrons. The van der Waals surface area contributed by atoms with Crippen LogP contribution in [0.3, 0.4) is 0 Å². The molecular formula is C17H24N4O2. The van der Waals surface area contributed by atoms with E-state index in [1.807, 2.05) is 28.0 Å². The van der Waals surface area contributed by atoms with Crippen molar-refractivity contribution >= 4 is 11.8 Å². The third-order valence-corrected chi connectivity index (χ3v) is 5.01. The molecule has 6 heteroatoms. The third kappa shape index (κ3) is 3.52. The van der Waals surface area contributed by atoms with Gasteiger partial charge in [0.2, 0.25) is 11.8 Å². The topological polar surface area (TPSA) is 79.5 Å². The summed E-state index contributed by atoms with van der Waals surface area (Å²) in [6, 6.07) is 6.12. The van der Waals surface area contributed by atoms with Crippen LogP contribution < -0.4 is 5.73 Å². The lowest BCUT2D eigenvalue weighted by molar-refractivity contribution is -0.143. The van der Waals surface area contributed by atoms with Crippen LogP contribution in [-0.2, 0) is 16.0 Å². The predicted molar refractivity (Wildman–Crippen MR) is 86.4 cm³/mol. The zero-order valence-electron chi connectivity index (χ0n) is 13.4. The van der Waals surface area contributed by atoms with Crippen molar-refractivity contribution < 1.29 is 9.59 Å². The molecule has 0 aromatic carbocycles. The van der Waals surface area contributed by atoms with E-state index in [1.54, 1.807) is 6.20 Å². The van der Waals surface area contributed by atoms with Gasteiger partial charge in [0.25, 0.3) is 0 Å². The van der Waals surface area contributed by atoms with Gasteiger partial charge in [-0.3, -0.25) is 14.6 Å². The molecule has 0 unspecified atom stereocenters. The number of nitrogens with two attached hydrogens (primary N) is 1. The number of fused-ring (bicyclic) bond motifs is 1. The summed E-state index contributed by atoms with van der Waals surface area (Å²) >= 11 is 0. The summed E-state index contributed by atoms with van der Waals surface area (Å²) in [5.74, 6) is 0.627. The molecular weight excluding hydrogens is 292 g/mol. The molecule has 2 amide bonds. The molecule has 23 heavy (non-hydrogen) atoms. The predicted octanol–water partition coefficient (Wildman–Crippen LogP) is 0.422. The fraction of sp³-hybridized carbons (Fsp3) is 0.588. The summed E-state index contributed by atoms with van der Waals surface area (Å²) < 4.78 is 0. The number of hydrogen-bond donors (Lipinski definition) is 1. The lowest BCUT2D eigenvalue weighted by atomic mass is 9.83. The molecule has 0 bridgehead atoms. The molecule has 0 spiro atoms. The molecule has 0 saturated carbocycles. The minimum atomic E-state index is 0.0142. The summed E-state index contributed by atoms with van der Waals surface area (Å²) in [7, 11) is 0. The summed E-state index contributed by atoms with van der Waals surface area (Å²) in [6.45, 7) is 2.21. The summed E-state index contributed by atoms with van der Waals surface area (Å²) in [6.07, 6.45) is 4.87. The molecule has 6 nitrogen and oxygen atoms in total. The van der Waals surface area contributed by atoms with Crippen molar-refractivity contribution in [1.82, 2.24) is 14.8 Å². The van der Waals surface area contributed by atoms with Gasteiger partial charge in [0.1, 0.15) is 0 Å². The first-order chi connectivity index (χ1) is 11.2.